The van der Waals surface area contributed by atoms with E-state index >= 15 is 0 Å². The van der Waals surface area contributed by atoms with Gasteiger partial charge in [-0.05, 0) is 39.3 Å². The molecule has 1 aliphatic heterocycles. The molecule has 0 unspecified atom stereocenters. The molecular formula is C24H48O6Si6. The van der Waals surface area contributed by atoms with E-state index in [0.29, 0.717) is 36.3 Å². The molecule has 0 amide bonds. The van der Waals surface area contributed by atoms with Gasteiger partial charge in [0.1, 0.15) is 0 Å². The molecule has 0 aromatic rings. The Bertz CT molecular complexity index is 636. The van der Waals surface area contributed by atoms with Gasteiger partial charge in [-0.15, -0.1) is 39.5 Å². The average molecular weight is 601 g/mol. The maximum atomic E-state index is 7.00. The van der Waals surface area contributed by atoms with Crippen LogP contribution < -0.4 is 0 Å². The fourth-order valence-electron chi connectivity index (χ4n) is 4.94. The van der Waals surface area contributed by atoms with E-state index in [0.717, 1.165) is 0 Å². The van der Waals surface area contributed by atoms with Crippen LogP contribution in [-0.4, -0.2) is 51.4 Å². The number of allylic oxidation sites excluding steroid dienone is 6. The van der Waals surface area contributed by atoms with Crippen LogP contribution in [0.15, 0.2) is 75.9 Å². The standard InChI is InChI=1S/C24H48O6Si6/c1-13-19-31(7)25-32(8,20-14-2)27-34(10,22-16-4)29-36(12,24-18-6)30-35(11,23-17-5)28-33(9,26-31)21-15-3/h13-18H,1-6,19-24H2,7-12H3. The van der Waals surface area contributed by atoms with Gasteiger partial charge < -0.3 is 24.7 Å². The van der Waals surface area contributed by atoms with E-state index in [2.05, 4.69) is 78.8 Å². The van der Waals surface area contributed by atoms with Gasteiger partial charge in [-0.25, -0.2) is 0 Å². The minimum atomic E-state index is -2.84. The molecule has 0 aromatic heterocycles. The van der Waals surface area contributed by atoms with Crippen molar-refractivity contribution < 1.29 is 24.7 Å². The first-order valence-corrected chi connectivity index (χ1v) is 27.6. The molecule has 0 aliphatic carbocycles. The Morgan fingerprint density at radius 3 is 0.528 bits per heavy atom. The average Bonchev–Trinajstić information content (AvgIpc) is 2.65. The van der Waals surface area contributed by atoms with Crippen LogP contribution in [0.4, 0.5) is 0 Å². The molecule has 1 rings (SSSR count). The maximum Gasteiger partial charge on any atom is 0.321 e. The second-order valence-corrected chi connectivity index (χ2v) is 31.3. The molecule has 1 aliphatic rings. The zero-order valence-corrected chi connectivity index (χ0v) is 29.4. The van der Waals surface area contributed by atoms with Crippen LogP contribution in [0.5, 0.6) is 0 Å². The van der Waals surface area contributed by atoms with Crippen LogP contribution in [0.1, 0.15) is 0 Å². The predicted octanol–water partition coefficient (Wildman–Crippen LogP) is 7.65. The van der Waals surface area contributed by atoms with Crippen molar-refractivity contribution in [2.75, 3.05) is 0 Å². The summed E-state index contributed by atoms with van der Waals surface area (Å²) in [4.78, 5) is 0. The molecule has 1 fully saturated rings. The number of hydrogen-bond donors (Lipinski definition) is 0. The normalized spacial score (nSPS) is 40.2. The van der Waals surface area contributed by atoms with Gasteiger partial charge in [0, 0.05) is 36.3 Å². The molecular weight excluding hydrogens is 553 g/mol. The van der Waals surface area contributed by atoms with Crippen molar-refractivity contribution in [3.8, 4) is 0 Å². The molecule has 6 nitrogen and oxygen atoms in total. The lowest BCUT2D eigenvalue weighted by atomic mass is 10.8. The summed E-state index contributed by atoms with van der Waals surface area (Å²) in [6.45, 7) is 36.4. The molecule has 0 atom stereocenters. The summed E-state index contributed by atoms with van der Waals surface area (Å²) in [5.74, 6) is 0. The third-order valence-corrected chi connectivity index (χ3v) is 32.6. The van der Waals surface area contributed by atoms with Crippen LogP contribution >= 0.6 is 0 Å². The van der Waals surface area contributed by atoms with E-state index in [9.17, 15) is 0 Å². The van der Waals surface area contributed by atoms with E-state index in [1.54, 1.807) is 0 Å². The van der Waals surface area contributed by atoms with E-state index in [4.69, 9.17) is 24.7 Å². The molecule has 12 heteroatoms. The Morgan fingerprint density at radius 2 is 0.444 bits per heavy atom. The third-order valence-electron chi connectivity index (χ3n) is 5.68. The van der Waals surface area contributed by atoms with E-state index in [-0.39, 0.29) is 0 Å². The van der Waals surface area contributed by atoms with Gasteiger partial charge in [0.05, 0.1) is 0 Å². The largest absolute Gasteiger partial charge is 0.415 e. The lowest BCUT2D eigenvalue weighted by Crippen LogP contribution is -2.66. The van der Waals surface area contributed by atoms with Gasteiger partial charge in [0.25, 0.3) is 0 Å². The lowest BCUT2D eigenvalue weighted by molar-refractivity contribution is 0.231. The summed E-state index contributed by atoms with van der Waals surface area (Å²) in [5.41, 5.74) is 0. The molecule has 1 heterocycles. The highest BCUT2D eigenvalue weighted by Crippen LogP contribution is 2.38. The fourth-order valence-corrected chi connectivity index (χ4v) is 37.3. The highest BCUT2D eigenvalue weighted by molar-refractivity contribution is 6.94. The van der Waals surface area contributed by atoms with Crippen LogP contribution in [0.2, 0.25) is 75.5 Å². The topological polar surface area (TPSA) is 55.4 Å². The first kappa shape index (κ1) is 33.5. The lowest BCUT2D eigenvalue weighted by Gasteiger charge is -2.49. The molecule has 0 aromatic carbocycles. The molecule has 204 valence electrons. The molecule has 0 N–H and O–H groups in total. The van der Waals surface area contributed by atoms with Crippen LogP contribution in [-0.2, 0) is 24.7 Å². The van der Waals surface area contributed by atoms with Crippen LogP contribution in [0, 0.1) is 0 Å². The second-order valence-electron chi connectivity index (χ2n) is 10.4. The molecule has 0 bridgehead atoms. The SMILES string of the molecule is C=CC[Si]1(C)O[Si](C)(CC=C)O[Si](C)(CC=C)O[Si](C)(CC=C)O[Si](C)(CC=C)O[Si](C)(CC=C)O1. The van der Waals surface area contributed by atoms with Crippen LogP contribution in [0.3, 0.4) is 0 Å². The highest BCUT2D eigenvalue weighted by atomic mass is 28.5. The van der Waals surface area contributed by atoms with Crippen molar-refractivity contribution in [1.29, 1.82) is 0 Å². The Hall–Kier alpha value is -0.499. The summed E-state index contributed by atoms with van der Waals surface area (Å²) in [5, 5.41) is 0. The summed E-state index contributed by atoms with van der Waals surface area (Å²) >= 11 is 0. The number of hydrogen-bond acceptors (Lipinski definition) is 6. The van der Waals surface area contributed by atoms with Crippen molar-refractivity contribution in [1.82, 2.24) is 0 Å². The molecule has 1 saturated heterocycles. The molecule has 0 spiro atoms. The van der Waals surface area contributed by atoms with Gasteiger partial charge >= 0.3 is 51.4 Å². The first-order chi connectivity index (χ1) is 16.6. The van der Waals surface area contributed by atoms with Gasteiger partial charge in [0.15, 0.2) is 0 Å². The predicted molar refractivity (Wildman–Crippen MR) is 166 cm³/mol. The fraction of sp³-hybridized carbons (Fsp3) is 0.500. The van der Waals surface area contributed by atoms with E-state index in [1.807, 2.05) is 36.5 Å². The Balaban J connectivity index is 3.86. The highest BCUT2D eigenvalue weighted by Gasteiger charge is 2.56. The molecule has 0 saturated carbocycles. The quantitative estimate of drug-likeness (QED) is 0.169. The summed E-state index contributed by atoms with van der Waals surface area (Å²) in [7, 11) is -17.1. The summed E-state index contributed by atoms with van der Waals surface area (Å²) in [6.07, 6.45) is 11.2. The van der Waals surface area contributed by atoms with Gasteiger partial charge in [0.2, 0.25) is 0 Å². The smallest absolute Gasteiger partial charge is 0.321 e. The monoisotopic (exact) mass is 600 g/mol. The van der Waals surface area contributed by atoms with Gasteiger partial charge in [-0.1, -0.05) is 36.5 Å². The molecule has 36 heavy (non-hydrogen) atoms. The first-order valence-electron chi connectivity index (χ1n) is 12.5. The maximum absolute atomic E-state index is 7.00. The Morgan fingerprint density at radius 1 is 0.333 bits per heavy atom. The minimum Gasteiger partial charge on any atom is -0.415 e. The third kappa shape index (κ3) is 10.00. The summed E-state index contributed by atoms with van der Waals surface area (Å²) in [6, 6.07) is 3.60. The van der Waals surface area contributed by atoms with Crippen molar-refractivity contribution >= 4 is 51.4 Å². The Labute approximate surface area is 226 Å². The zero-order chi connectivity index (χ0) is 27.7. The summed E-state index contributed by atoms with van der Waals surface area (Å²) < 4.78 is 42.0. The van der Waals surface area contributed by atoms with Gasteiger partial charge in [-0.3, -0.25) is 0 Å². The second kappa shape index (κ2) is 13.5. The van der Waals surface area contributed by atoms with Gasteiger partial charge in [-0.2, -0.15) is 0 Å². The zero-order valence-electron chi connectivity index (χ0n) is 23.4. The van der Waals surface area contributed by atoms with E-state index < -0.39 is 51.4 Å². The van der Waals surface area contributed by atoms with Crippen molar-refractivity contribution in [2.24, 2.45) is 0 Å². The Kier molecular flexibility index (Phi) is 12.6. The van der Waals surface area contributed by atoms with Crippen molar-refractivity contribution in [3.05, 3.63) is 75.9 Å². The number of rotatable bonds is 12. The minimum absolute atomic E-state index is 0.600. The van der Waals surface area contributed by atoms with Crippen molar-refractivity contribution in [2.45, 2.75) is 75.5 Å². The van der Waals surface area contributed by atoms with E-state index in [1.165, 1.54) is 0 Å². The molecule has 0 radical (unpaired) electrons. The van der Waals surface area contributed by atoms with Crippen molar-refractivity contribution in [3.63, 3.8) is 0 Å². The van der Waals surface area contributed by atoms with Crippen LogP contribution in [0.25, 0.3) is 0 Å².